The molecule has 2 rings (SSSR count). The minimum atomic E-state index is -0.999. The van der Waals surface area contributed by atoms with E-state index in [0.29, 0.717) is 6.42 Å². The maximum Gasteiger partial charge on any atom is 0.333 e. The lowest BCUT2D eigenvalue weighted by atomic mass is 9.91. The second kappa shape index (κ2) is 9.07. The van der Waals surface area contributed by atoms with Crippen LogP contribution in [-0.4, -0.2) is 41.6 Å². The number of nitrogens with zero attached hydrogens (tertiary/aromatic N) is 1. The minimum absolute atomic E-state index is 0.249. The molecule has 0 aromatic carbocycles. The van der Waals surface area contributed by atoms with Crippen molar-refractivity contribution in [1.29, 1.82) is 0 Å². The van der Waals surface area contributed by atoms with Crippen LogP contribution in [-0.2, 0) is 19.1 Å². The minimum Gasteiger partial charge on any atom is -0.454 e. The topological polar surface area (TPSA) is 55.8 Å². The number of carbonyl (C=O) groups is 2. The van der Waals surface area contributed by atoms with Crippen molar-refractivity contribution in [3.05, 3.63) is 48.2 Å². The molecule has 5 nitrogen and oxygen atoms in total. The highest BCUT2D eigenvalue weighted by Gasteiger charge is 2.49. The molecule has 2 heterocycles. The zero-order valence-corrected chi connectivity index (χ0v) is 16.9. The van der Waals surface area contributed by atoms with Gasteiger partial charge in [0.15, 0.2) is 11.7 Å². The Morgan fingerprint density at radius 1 is 1.41 bits per heavy atom. The number of hydrogen-bond acceptors (Lipinski definition) is 5. The predicted molar refractivity (Wildman–Crippen MR) is 106 cm³/mol. The summed E-state index contributed by atoms with van der Waals surface area (Å²) in [6.45, 7) is 13.3. The molecule has 27 heavy (non-hydrogen) atoms. The largest absolute Gasteiger partial charge is 0.454 e. The van der Waals surface area contributed by atoms with Crippen LogP contribution in [0.5, 0.6) is 0 Å². The van der Waals surface area contributed by atoms with Gasteiger partial charge in [-0.25, -0.2) is 9.59 Å². The molecule has 0 aromatic rings. The van der Waals surface area contributed by atoms with Gasteiger partial charge < -0.3 is 14.4 Å². The van der Waals surface area contributed by atoms with Crippen molar-refractivity contribution in [3.63, 3.8) is 0 Å². The second-order valence-electron chi connectivity index (χ2n) is 7.67. The summed E-state index contributed by atoms with van der Waals surface area (Å²) in [5, 5.41) is 0. The van der Waals surface area contributed by atoms with Gasteiger partial charge in [-0.15, -0.1) is 0 Å². The maximum atomic E-state index is 12.4. The lowest BCUT2D eigenvalue weighted by Crippen LogP contribution is -2.48. The molecule has 148 valence electrons. The third kappa shape index (κ3) is 5.34. The van der Waals surface area contributed by atoms with Crippen molar-refractivity contribution in [1.82, 2.24) is 4.90 Å². The Kier molecular flexibility index (Phi) is 7.05. The van der Waals surface area contributed by atoms with Crippen molar-refractivity contribution in [2.45, 2.75) is 58.7 Å². The summed E-state index contributed by atoms with van der Waals surface area (Å²) in [6, 6.07) is 0. The lowest BCUT2D eigenvalue weighted by molar-refractivity contribution is -0.169. The van der Waals surface area contributed by atoms with Crippen LogP contribution in [0.4, 0.5) is 0 Å². The number of carbonyl (C=O) groups excluding carboxylic acids is 2. The van der Waals surface area contributed by atoms with Gasteiger partial charge in [0.25, 0.3) is 0 Å². The monoisotopic (exact) mass is 373 g/mol. The summed E-state index contributed by atoms with van der Waals surface area (Å²) in [5.41, 5.74) is 0.787. The van der Waals surface area contributed by atoms with Gasteiger partial charge in [-0.3, -0.25) is 0 Å². The van der Waals surface area contributed by atoms with E-state index in [2.05, 4.69) is 11.5 Å². The molecule has 0 aromatic heterocycles. The SMILES string of the molecule is C=C/C(C)=C/C[C@H](OC(=O)/C=C/C(C)C)[C@]1(C)OC(=O)C=C1N1CCCC1. The zero-order valence-electron chi connectivity index (χ0n) is 16.9. The van der Waals surface area contributed by atoms with E-state index in [0.717, 1.165) is 37.2 Å². The first-order chi connectivity index (χ1) is 12.8. The summed E-state index contributed by atoms with van der Waals surface area (Å²) in [6.07, 6.45) is 10.5. The van der Waals surface area contributed by atoms with Crippen LogP contribution in [0.2, 0.25) is 0 Å². The average molecular weight is 373 g/mol. The number of allylic oxidation sites excluding steroid dienone is 3. The molecule has 0 aliphatic carbocycles. The second-order valence-corrected chi connectivity index (χ2v) is 7.67. The van der Waals surface area contributed by atoms with Gasteiger partial charge in [0.05, 0.1) is 5.70 Å². The van der Waals surface area contributed by atoms with Crippen LogP contribution >= 0.6 is 0 Å². The first kappa shape index (κ1) is 21.0. The highest BCUT2D eigenvalue weighted by atomic mass is 16.6. The summed E-state index contributed by atoms with van der Waals surface area (Å²) in [5.74, 6) is -0.565. The zero-order chi connectivity index (χ0) is 20.0. The highest BCUT2D eigenvalue weighted by molar-refractivity contribution is 5.87. The average Bonchev–Trinajstić information content (AvgIpc) is 3.24. The highest BCUT2D eigenvalue weighted by Crippen LogP contribution is 2.38. The molecule has 1 saturated heterocycles. The van der Waals surface area contributed by atoms with E-state index in [1.807, 2.05) is 33.8 Å². The van der Waals surface area contributed by atoms with Crippen molar-refractivity contribution in [2.24, 2.45) is 5.92 Å². The molecule has 0 N–H and O–H groups in total. The normalized spacial score (nSPS) is 24.3. The van der Waals surface area contributed by atoms with Crippen LogP contribution < -0.4 is 0 Å². The quantitative estimate of drug-likeness (QED) is 0.367. The third-order valence-electron chi connectivity index (χ3n) is 4.99. The van der Waals surface area contributed by atoms with E-state index in [1.165, 1.54) is 6.08 Å². The van der Waals surface area contributed by atoms with Gasteiger partial charge in [-0.05, 0) is 32.6 Å². The number of esters is 2. The predicted octanol–water partition coefficient (Wildman–Crippen LogP) is 3.93. The molecule has 0 saturated carbocycles. The maximum absolute atomic E-state index is 12.4. The van der Waals surface area contributed by atoms with E-state index in [1.54, 1.807) is 18.2 Å². The number of cyclic esters (lactones) is 1. The Morgan fingerprint density at radius 2 is 2.07 bits per heavy atom. The molecular weight excluding hydrogens is 342 g/mol. The van der Waals surface area contributed by atoms with Crippen molar-refractivity contribution >= 4 is 11.9 Å². The van der Waals surface area contributed by atoms with E-state index >= 15 is 0 Å². The van der Waals surface area contributed by atoms with Crippen LogP contribution in [0.1, 0.15) is 47.0 Å². The van der Waals surface area contributed by atoms with Crippen LogP contribution in [0, 0.1) is 5.92 Å². The molecule has 0 unspecified atom stereocenters. The molecule has 1 fully saturated rings. The van der Waals surface area contributed by atoms with Crippen molar-refractivity contribution in [3.8, 4) is 0 Å². The standard InChI is InChI=1S/C22H31NO4/c1-6-17(4)10-11-19(26-20(24)12-9-16(2)3)22(5)18(15-21(25)27-22)23-13-7-8-14-23/h6,9-10,12,15-16,19H,1,7-8,11,13-14H2,2-5H3/b12-9+,17-10+/t19-,22+/m0/s1. The Labute approximate surface area is 162 Å². The van der Waals surface area contributed by atoms with Gasteiger partial charge in [0.1, 0.15) is 0 Å². The molecule has 2 aliphatic rings. The summed E-state index contributed by atoms with van der Waals surface area (Å²) < 4.78 is 11.5. The molecule has 2 aliphatic heterocycles. The number of hydrogen-bond donors (Lipinski definition) is 0. The Balaban J connectivity index is 2.29. The van der Waals surface area contributed by atoms with E-state index < -0.39 is 17.7 Å². The fraction of sp³-hybridized carbons (Fsp3) is 0.545. The van der Waals surface area contributed by atoms with Crippen LogP contribution in [0.25, 0.3) is 0 Å². The Hall–Kier alpha value is -2.30. The lowest BCUT2D eigenvalue weighted by Gasteiger charge is -2.37. The fourth-order valence-corrected chi connectivity index (χ4v) is 3.35. The first-order valence-electron chi connectivity index (χ1n) is 9.64. The smallest absolute Gasteiger partial charge is 0.333 e. The molecule has 0 spiro atoms. The van der Waals surface area contributed by atoms with Crippen molar-refractivity contribution < 1.29 is 19.1 Å². The van der Waals surface area contributed by atoms with Gasteiger partial charge in [-0.1, -0.05) is 44.2 Å². The number of ether oxygens (including phenoxy) is 2. The number of rotatable bonds is 8. The van der Waals surface area contributed by atoms with Gasteiger partial charge in [-0.2, -0.15) is 0 Å². The fourth-order valence-electron chi connectivity index (χ4n) is 3.35. The summed E-state index contributed by atoms with van der Waals surface area (Å²) in [7, 11) is 0. The summed E-state index contributed by atoms with van der Waals surface area (Å²) >= 11 is 0. The van der Waals surface area contributed by atoms with Gasteiger partial charge >= 0.3 is 11.9 Å². The van der Waals surface area contributed by atoms with Crippen LogP contribution in [0.15, 0.2) is 48.2 Å². The molecule has 0 radical (unpaired) electrons. The molecule has 0 bridgehead atoms. The molecule has 2 atom stereocenters. The Morgan fingerprint density at radius 3 is 2.67 bits per heavy atom. The summed E-state index contributed by atoms with van der Waals surface area (Å²) in [4.78, 5) is 26.6. The van der Waals surface area contributed by atoms with Gasteiger partial charge in [0, 0.05) is 31.7 Å². The van der Waals surface area contributed by atoms with Crippen LogP contribution in [0.3, 0.4) is 0 Å². The first-order valence-corrected chi connectivity index (χ1v) is 9.64. The third-order valence-corrected chi connectivity index (χ3v) is 4.99. The van der Waals surface area contributed by atoms with Crippen molar-refractivity contribution in [2.75, 3.05) is 13.1 Å². The van der Waals surface area contributed by atoms with E-state index in [-0.39, 0.29) is 11.9 Å². The number of likely N-dealkylation sites (tertiary alicyclic amines) is 1. The Bertz CT molecular complexity index is 668. The molecule has 5 heteroatoms. The van der Waals surface area contributed by atoms with E-state index in [9.17, 15) is 9.59 Å². The van der Waals surface area contributed by atoms with Gasteiger partial charge in [0.2, 0.25) is 0 Å². The molecular formula is C22H31NO4. The van der Waals surface area contributed by atoms with E-state index in [4.69, 9.17) is 9.47 Å². The molecule has 0 amide bonds.